The Kier molecular flexibility index (Phi) is 5.86. The number of nitriles is 1. The van der Waals surface area contributed by atoms with Gasteiger partial charge < -0.3 is 0 Å². The van der Waals surface area contributed by atoms with Gasteiger partial charge in [-0.2, -0.15) is 17.0 Å². The minimum atomic E-state index is 0.421. The lowest BCUT2D eigenvalue weighted by Crippen LogP contribution is -1.93. The van der Waals surface area contributed by atoms with Crippen molar-refractivity contribution in [2.75, 3.05) is 5.75 Å². The van der Waals surface area contributed by atoms with Crippen LogP contribution in [0.2, 0.25) is 0 Å². The van der Waals surface area contributed by atoms with Gasteiger partial charge in [0.1, 0.15) is 5.01 Å². The average molecular weight is 254 g/mol. The van der Waals surface area contributed by atoms with E-state index in [4.69, 9.17) is 5.26 Å². The molecule has 1 aromatic rings. The van der Waals surface area contributed by atoms with Crippen LogP contribution in [0.3, 0.4) is 0 Å². The molecule has 0 saturated carbocycles. The molecule has 0 N–H and O–H groups in total. The van der Waals surface area contributed by atoms with Crippen molar-refractivity contribution >= 4 is 23.1 Å². The van der Waals surface area contributed by atoms with Crippen molar-refractivity contribution in [2.45, 2.75) is 45.3 Å². The monoisotopic (exact) mass is 254 g/mol. The highest BCUT2D eigenvalue weighted by Crippen LogP contribution is 2.27. The van der Waals surface area contributed by atoms with Gasteiger partial charge in [0.25, 0.3) is 0 Å². The molecule has 0 aliphatic carbocycles. The van der Waals surface area contributed by atoms with Crippen molar-refractivity contribution in [2.24, 2.45) is 0 Å². The van der Waals surface area contributed by atoms with Gasteiger partial charge in [0, 0.05) is 10.6 Å². The molecular weight excluding hydrogens is 236 g/mol. The summed E-state index contributed by atoms with van der Waals surface area (Å²) in [6.07, 6.45) is 1.71. The fraction of sp³-hybridized carbons (Fsp3) is 0.667. The Balaban J connectivity index is 2.72. The van der Waals surface area contributed by atoms with E-state index in [1.165, 1.54) is 17.2 Å². The summed E-state index contributed by atoms with van der Waals surface area (Å²) in [5, 5.41) is 9.95. The van der Waals surface area contributed by atoms with E-state index in [1.807, 2.05) is 11.8 Å². The predicted octanol–water partition coefficient (Wildman–Crippen LogP) is 3.98. The van der Waals surface area contributed by atoms with Crippen LogP contribution in [0.4, 0.5) is 0 Å². The number of rotatable bonds is 6. The molecule has 0 fully saturated rings. The second-order valence-corrected chi connectivity index (χ2v) is 6.23. The molecule has 0 aliphatic rings. The van der Waals surface area contributed by atoms with Crippen molar-refractivity contribution in [3.05, 3.63) is 15.6 Å². The van der Waals surface area contributed by atoms with E-state index in [1.54, 1.807) is 11.3 Å². The minimum absolute atomic E-state index is 0.421. The predicted molar refractivity (Wildman–Crippen MR) is 72.0 cm³/mol. The third kappa shape index (κ3) is 3.80. The topological polar surface area (TPSA) is 36.7 Å². The molecule has 0 aliphatic heterocycles. The van der Waals surface area contributed by atoms with Gasteiger partial charge in [-0.05, 0) is 18.1 Å². The summed E-state index contributed by atoms with van der Waals surface area (Å²) in [6.45, 7) is 6.47. The van der Waals surface area contributed by atoms with Crippen molar-refractivity contribution in [1.29, 1.82) is 5.26 Å². The van der Waals surface area contributed by atoms with Crippen LogP contribution in [0.1, 0.15) is 48.7 Å². The molecule has 0 radical (unpaired) electrons. The normalized spacial score (nSPS) is 10.7. The van der Waals surface area contributed by atoms with Gasteiger partial charge in [0.2, 0.25) is 0 Å². The third-order valence-electron chi connectivity index (χ3n) is 2.13. The first-order valence-corrected chi connectivity index (χ1v) is 7.59. The smallest absolute Gasteiger partial charge is 0.103 e. The molecule has 0 spiro atoms. The molecule has 0 atom stereocenters. The number of hydrogen-bond acceptors (Lipinski definition) is 4. The van der Waals surface area contributed by atoms with Crippen molar-refractivity contribution < 1.29 is 0 Å². The summed E-state index contributed by atoms with van der Waals surface area (Å²) < 4.78 is 0. The molecule has 16 heavy (non-hydrogen) atoms. The fourth-order valence-corrected chi connectivity index (χ4v) is 3.54. The van der Waals surface area contributed by atoms with Crippen LogP contribution in [0.5, 0.6) is 0 Å². The molecule has 0 saturated heterocycles. The lowest BCUT2D eigenvalue weighted by atomic mass is 10.1. The van der Waals surface area contributed by atoms with Crippen LogP contribution in [-0.2, 0) is 12.2 Å². The Hall–Kier alpha value is -0.530. The van der Waals surface area contributed by atoms with E-state index in [2.05, 4.69) is 31.8 Å². The zero-order valence-electron chi connectivity index (χ0n) is 10.1. The number of hydrogen-bond donors (Lipinski definition) is 0. The molecule has 2 nitrogen and oxygen atoms in total. The molecule has 1 heterocycles. The van der Waals surface area contributed by atoms with Gasteiger partial charge in [-0.3, -0.25) is 0 Å². The largest absolute Gasteiger partial charge is 0.245 e. The highest BCUT2D eigenvalue weighted by atomic mass is 32.2. The summed E-state index contributed by atoms with van der Waals surface area (Å²) in [7, 11) is 0. The van der Waals surface area contributed by atoms with Crippen molar-refractivity contribution in [3.8, 4) is 6.07 Å². The van der Waals surface area contributed by atoms with E-state index in [0.29, 0.717) is 12.3 Å². The maximum absolute atomic E-state index is 8.77. The van der Waals surface area contributed by atoms with Gasteiger partial charge in [-0.1, -0.05) is 20.8 Å². The summed E-state index contributed by atoms with van der Waals surface area (Å²) in [4.78, 5) is 5.80. The van der Waals surface area contributed by atoms with Crippen LogP contribution in [0, 0.1) is 11.3 Å². The Labute approximate surface area is 106 Å². The van der Waals surface area contributed by atoms with Crippen LogP contribution in [-0.4, -0.2) is 10.7 Å². The van der Waals surface area contributed by atoms with E-state index < -0.39 is 0 Å². The highest BCUT2D eigenvalue weighted by molar-refractivity contribution is 7.98. The Morgan fingerprint density at radius 2 is 2.25 bits per heavy atom. The molecule has 0 bridgehead atoms. The van der Waals surface area contributed by atoms with Crippen LogP contribution >= 0.6 is 23.1 Å². The van der Waals surface area contributed by atoms with E-state index in [9.17, 15) is 0 Å². The van der Waals surface area contributed by atoms with Crippen molar-refractivity contribution in [1.82, 2.24) is 4.98 Å². The number of thiazole rings is 1. The van der Waals surface area contributed by atoms with E-state index >= 15 is 0 Å². The molecule has 4 heteroatoms. The van der Waals surface area contributed by atoms with Crippen LogP contribution < -0.4 is 0 Å². The first-order chi connectivity index (χ1) is 7.69. The molecule has 0 aromatic carbocycles. The Morgan fingerprint density at radius 3 is 2.81 bits per heavy atom. The van der Waals surface area contributed by atoms with Crippen molar-refractivity contribution in [3.63, 3.8) is 0 Å². The Bertz CT molecular complexity index is 364. The SMILES string of the molecule is CCCSCc1nc(C(C)C)c(CC#N)s1. The fourth-order valence-electron chi connectivity index (χ4n) is 1.43. The quantitative estimate of drug-likeness (QED) is 0.721. The third-order valence-corrected chi connectivity index (χ3v) is 4.56. The summed E-state index contributed by atoms with van der Waals surface area (Å²) in [5.74, 6) is 2.60. The van der Waals surface area contributed by atoms with E-state index in [-0.39, 0.29) is 0 Å². The van der Waals surface area contributed by atoms with Gasteiger partial charge in [-0.25, -0.2) is 4.98 Å². The number of aromatic nitrogens is 1. The molecule has 1 aromatic heterocycles. The van der Waals surface area contributed by atoms with E-state index in [0.717, 1.165) is 16.3 Å². The summed E-state index contributed by atoms with van der Waals surface area (Å²) in [5.41, 5.74) is 1.12. The maximum atomic E-state index is 8.77. The molecule has 0 amide bonds. The lowest BCUT2D eigenvalue weighted by molar-refractivity contribution is 0.816. The zero-order chi connectivity index (χ0) is 12.0. The second kappa shape index (κ2) is 6.93. The van der Waals surface area contributed by atoms with Gasteiger partial charge in [-0.15, -0.1) is 11.3 Å². The molecule has 0 unspecified atom stereocenters. The van der Waals surface area contributed by atoms with Gasteiger partial charge >= 0.3 is 0 Å². The minimum Gasteiger partial charge on any atom is -0.245 e. The highest BCUT2D eigenvalue weighted by Gasteiger charge is 2.13. The van der Waals surface area contributed by atoms with Crippen LogP contribution in [0.15, 0.2) is 0 Å². The molecule has 1 rings (SSSR count). The summed E-state index contributed by atoms with van der Waals surface area (Å²) >= 11 is 3.63. The zero-order valence-corrected chi connectivity index (χ0v) is 11.7. The molecular formula is C12H18N2S2. The number of nitrogens with zero attached hydrogens (tertiary/aromatic N) is 2. The Morgan fingerprint density at radius 1 is 1.50 bits per heavy atom. The average Bonchev–Trinajstić information content (AvgIpc) is 2.62. The first-order valence-electron chi connectivity index (χ1n) is 5.62. The number of thioether (sulfide) groups is 1. The maximum Gasteiger partial charge on any atom is 0.103 e. The van der Waals surface area contributed by atoms with Gasteiger partial charge in [0.15, 0.2) is 0 Å². The second-order valence-electron chi connectivity index (χ2n) is 3.96. The standard InChI is InChI=1S/C12H18N2S2/c1-4-7-15-8-11-14-12(9(2)3)10(16-11)5-6-13/h9H,4-5,7-8H2,1-3H3. The van der Waals surface area contributed by atoms with Crippen LogP contribution in [0.25, 0.3) is 0 Å². The first kappa shape index (κ1) is 13.5. The van der Waals surface area contributed by atoms with Gasteiger partial charge in [0.05, 0.1) is 18.2 Å². The summed E-state index contributed by atoms with van der Waals surface area (Å²) in [6, 6.07) is 2.22. The lowest BCUT2D eigenvalue weighted by Gasteiger charge is -2.01. The molecule has 88 valence electrons.